The Morgan fingerprint density at radius 2 is 0.806 bits per heavy atom. The van der Waals surface area contributed by atoms with E-state index in [0.29, 0.717) is 0 Å². The number of hydrogen-bond donors (Lipinski definition) is 0. The van der Waals surface area contributed by atoms with Crippen molar-refractivity contribution in [1.82, 2.24) is 0 Å². The van der Waals surface area contributed by atoms with Crippen LogP contribution in [0, 0.1) is 13.8 Å². The third-order valence-electron chi connectivity index (χ3n) is 7.76. The van der Waals surface area contributed by atoms with E-state index in [2.05, 4.69) is 111 Å². The fourth-order valence-corrected chi connectivity index (χ4v) is 8.13. The summed E-state index contributed by atoms with van der Waals surface area (Å²) in [5, 5.41) is 4.83. The van der Waals surface area contributed by atoms with Crippen LogP contribution < -0.4 is 0 Å². The zero-order chi connectivity index (χ0) is 24.1. The van der Waals surface area contributed by atoms with Crippen LogP contribution in [-0.4, -0.2) is 0 Å². The first-order valence-corrected chi connectivity index (χ1v) is 13.8. The zero-order valence-electron chi connectivity index (χ0n) is 19.9. The van der Waals surface area contributed by atoms with E-state index in [0.717, 1.165) is 9.75 Å². The summed E-state index contributed by atoms with van der Waals surface area (Å²) in [5.41, 5.74) is 3.02. The average Bonchev–Trinajstić information content (AvgIpc) is 3.55. The number of benzene rings is 4. The van der Waals surface area contributed by atoms with Gasteiger partial charge in [0, 0.05) is 41.8 Å². The number of hydrogen-bond acceptors (Lipinski definition) is 4. The first-order valence-electron chi connectivity index (χ1n) is 12.2. The van der Waals surface area contributed by atoms with Crippen molar-refractivity contribution in [3.05, 3.63) is 139 Å². The predicted octanol–water partition coefficient (Wildman–Crippen LogP) is 8.59. The summed E-state index contributed by atoms with van der Waals surface area (Å²) in [4.78, 5) is 18.2. The van der Waals surface area contributed by atoms with E-state index in [1.165, 1.54) is 53.6 Å². The van der Waals surface area contributed by atoms with Crippen LogP contribution in [0.15, 0.2) is 97.1 Å². The standard InChI is InChI=1S/C32H22O2S2/c1-19-11-13-29(35-19)31-25-15-21-7-3-5-9-23(21)17-27(25)32(34-33-31,30-14-12-20(2)36-30)28-18-24-10-6-4-8-22(24)16-26(28)31/h3-18H,1-2H3. The molecule has 2 aliphatic heterocycles. The molecule has 0 radical (unpaired) electrons. The lowest BCUT2D eigenvalue weighted by Gasteiger charge is -2.53. The summed E-state index contributed by atoms with van der Waals surface area (Å²) in [6, 6.07) is 35.3. The maximum absolute atomic E-state index is 6.70. The Hall–Kier alpha value is -3.28. The van der Waals surface area contributed by atoms with Gasteiger partial charge in [-0.1, -0.05) is 48.5 Å². The van der Waals surface area contributed by atoms with Gasteiger partial charge in [0.15, 0.2) is 11.2 Å². The Kier molecular flexibility index (Phi) is 4.14. The van der Waals surface area contributed by atoms with Crippen LogP contribution in [0.3, 0.4) is 0 Å². The molecule has 0 N–H and O–H groups in total. The molecule has 2 nitrogen and oxygen atoms in total. The van der Waals surface area contributed by atoms with Crippen molar-refractivity contribution in [3.63, 3.8) is 0 Å². The lowest BCUT2D eigenvalue weighted by atomic mass is 9.64. The van der Waals surface area contributed by atoms with Gasteiger partial charge in [-0.05, 0) is 83.9 Å². The molecule has 174 valence electrons. The highest BCUT2D eigenvalue weighted by molar-refractivity contribution is 7.12. The van der Waals surface area contributed by atoms with Crippen molar-refractivity contribution >= 4 is 44.2 Å². The van der Waals surface area contributed by atoms with Crippen LogP contribution in [0.1, 0.15) is 41.8 Å². The monoisotopic (exact) mass is 502 g/mol. The van der Waals surface area contributed by atoms with E-state index < -0.39 is 11.2 Å². The van der Waals surface area contributed by atoms with Gasteiger partial charge >= 0.3 is 0 Å². The Labute approximate surface area is 217 Å². The van der Waals surface area contributed by atoms with Crippen LogP contribution in [0.2, 0.25) is 0 Å². The van der Waals surface area contributed by atoms with E-state index >= 15 is 0 Å². The van der Waals surface area contributed by atoms with Gasteiger partial charge in [-0.25, -0.2) is 9.78 Å². The summed E-state index contributed by atoms with van der Waals surface area (Å²) in [6.07, 6.45) is 0. The van der Waals surface area contributed by atoms with Crippen molar-refractivity contribution < 1.29 is 9.78 Å². The molecule has 4 heterocycles. The molecule has 1 aliphatic carbocycles. The smallest absolute Gasteiger partial charge is 0.188 e. The molecule has 3 aliphatic rings. The summed E-state index contributed by atoms with van der Waals surface area (Å²) >= 11 is 3.55. The van der Waals surface area contributed by atoms with Gasteiger partial charge in [0.1, 0.15) is 0 Å². The van der Waals surface area contributed by atoms with Gasteiger partial charge in [0.05, 0.1) is 0 Å². The van der Waals surface area contributed by atoms with Gasteiger partial charge in [-0.15, -0.1) is 22.7 Å². The van der Waals surface area contributed by atoms with Gasteiger partial charge in [-0.2, -0.15) is 0 Å². The summed E-state index contributed by atoms with van der Waals surface area (Å²) in [5.74, 6) is 0. The maximum atomic E-state index is 6.70. The van der Waals surface area contributed by atoms with E-state index in [-0.39, 0.29) is 0 Å². The highest BCUT2D eigenvalue weighted by Crippen LogP contribution is 2.63. The molecule has 0 fully saturated rings. The van der Waals surface area contributed by atoms with Gasteiger partial charge in [-0.3, -0.25) is 0 Å². The molecule has 0 unspecified atom stereocenters. The minimum absolute atomic E-state index is 0.828. The molecular formula is C32H22O2S2. The number of rotatable bonds is 2. The molecule has 0 saturated heterocycles. The molecule has 2 bridgehead atoms. The Morgan fingerprint density at radius 1 is 0.472 bits per heavy atom. The van der Waals surface area contributed by atoms with Crippen molar-refractivity contribution in [2.24, 2.45) is 0 Å². The molecule has 0 amide bonds. The first-order chi connectivity index (χ1) is 17.6. The zero-order valence-corrected chi connectivity index (χ0v) is 21.5. The lowest BCUT2D eigenvalue weighted by Crippen LogP contribution is -2.53. The molecule has 36 heavy (non-hydrogen) atoms. The Bertz CT molecular complexity index is 1620. The molecule has 4 aromatic carbocycles. The van der Waals surface area contributed by atoms with Crippen LogP contribution in [0.5, 0.6) is 0 Å². The van der Waals surface area contributed by atoms with Gasteiger partial charge in [0.2, 0.25) is 0 Å². The quantitative estimate of drug-likeness (QED) is 0.221. The van der Waals surface area contributed by atoms with Crippen LogP contribution in [-0.2, 0) is 21.0 Å². The van der Waals surface area contributed by atoms with E-state index in [1.54, 1.807) is 22.7 Å². The molecule has 0 spiro atoms. The lowest BCUT2D eigenvalue weighted by molar-refractivity contribution is -0.408. The minimum Gasteiger partial charge on any atom is -0.213 e. The van der Waals surface area contributed by atoms with Crippen molar-refractivity contribution in [1.29, 1.82) is 0 Å². The molecular weight excluding hydrogens is 480 g/mol. The van der Waals surface area contributed by atoms with Crippen LogP contribution in [0.4, 0.5) is 0 Å². The predicted molar refractivity (Wildman–Crippen MR) is 148 cm³/mol. The second-order valence-corrected chi connectivity index (χ2v) is 12.4. The van der Waals surface area contributed by atoms with E-state index in [1.807, 2.05) is 0 Å². The molecule has 0 atom stereocenters. The summed E-state index contributed by atoms with van der Waals surface area (Å²) in [7, 11) is 0. The number of fused-ring (bicyclic) bond motifs is 3. The molecule has 9 rings (SSSR count). The summed E-state index contributed by atoms with van der Waals surface area (Å²) < 4.78 is 0. The fourth-order valence-electron chi connectivity index (χ4n) is 6.10. The van der Waals surface area contributed by atoms with E-state index in [4.69, 9.17) is 9.78 Å². The van der Waals surface area contributed by atoms with Crippen LogP contribution >= 0.6 is 22.7 Å². The Balaban J connectivity index is 1.59. The number of aryl methyl sites for hydroxylation is 2. The van der Waals surface area contributed by atoms with Crippen molar-refractivity contribution in [3.8, 4) is 0 Å². The van der Waals surface area contributed by atoms with Gasteiger partial charge in [0.25, 0.3) is 0 Å². The highest BCUT2D eigenvalue weighted by atomic mass is 32.1. The number of thiophene rings is 2. The maximum Gasteiger partial charge on any atom is 0.188 e. The second-order valence-electron chi connectivity index (χ2n) is 9.84. The third kappa shape index (κ3) is 2.52. The second kappa shape index (κ2) is 7.15. The first kappa shape index (κ1) is 20.9. The highest BCUT2D eigenvalue weighted by Gasteiger charge is 2.62. The third-order valence-corrected chi connectivity index (χ3v) is 9.96. The molecule has 4 heteroatoms. The van der Waals surface area contributed by atoms with Gasteiger partial charge < -0.3 is 0 Å². The largest absolute Gasteiger partial charge is 0.213 e. The van der Waals surface area contributed by atoms with Crippen molar-refractivity contribution in [2.45, 2.75) is 25.0 Å². The Morgan fingerprint density at radius 3 is 1.08 bits per heavy atom. The topological polar surface area (TPSA) is 18.5 Å². The summed E-state index contributed by atoms with van der Waals surface area (Å²) in [6.45, 7) is 4.30. The fraction of sp³-hybridized carbons (Fsp3) is 0.125. The van der Waals surface area contributed by atoms with Crippen molar-refractivity contribution in [2.75, 3.05) is 0 Å². The molecule has 2 aromatic heterocycles. The van der Waals surface area contributed by atoms with E-state index in [9.17, 15) is 0 Å². The molecule has 6 aromatic rings. The minimum atomic E-state index is -0.828. The SMILES string of the molecule is Cc1ccc(C23OOC(c4ccc(C)s4)(c4cc5ccccc5cc42)c2cc4ccccc4cc23)s1. The van der Waals surface area contributed by atoms with Crippen LogP contribution in [0.25, 0.3) is 21.5 Å². The molecule has 0 saturated carbocycles. The normalized spacial score (nSPS) is 22.2. The average molecular weight is 503 g/mol.